The van der Waals surface area contributed by atoms with Gasteiger partial charge in [0.2, 0.25) is 5.95 Å². The largest absolute Gasteiger partial charge is 0.394 e. The average molecular weight is 479 g/mol. The Labute approximate surface area is 207 Å². The number of nitrogens with two attached hydrogens (primary N) is 1. The molecule has 0 radical (unpaired) electrons. The Hall–Kier alpha value is -3.04. The maximum atomic E-state index is 9.99. The van der Waals surface area contributed by atoms with Crippen molar-refractivity contribution in [3.05, 3.63) is 30.6 Å². The molecule has 4 N–H and O–H groups in total. The molecule has 3 aromatic heterocycles. The molecule has 1 saturated heterocycles. The molecule has 1 atom stereocenters. The number of unbranched alkanes of at least 4 members (excludes halogenated alkanes) is 1. The normalized spacial score (nSPS) is 15.9. The molecule has 3 aromatic rings. The van der Waals surface area contributed by atoms with Gasteiger partial charge in [0.1, 0.15) is 11.6 Å². The maximum Gasteiger partial charge on any atom is 0.222 e. The van der Waals surface area contributed by atoms with Crippen LogP contribution in [0.1, 0.15) is 47.0 Å². The summed E-state index contributed by atoms with van der Waals surface area (Å²) in [5.74, 6) is 1.77. The van der Waals surface area contributed by atoms with Crippen molar-refractivity contribution in [2.75, 3.05) is 48.7 Å². The summed E-state index contributed by atoms with van der Waals surface area (Å²) in [6.07, 6.45) is 6.51. The second-order valence-corrected chi connectivity index (χ2v) is 9.65. The van der Waals surface area contributed by atoms with Crippen LogP contribution >= 0.6 is 0 Å². The number of pyridine rings is 2. The Morgan fingerprint density at radius 1 is 1.14 bits per heavy atom. The Bertz CT molecular complexity index is 1130. The van der Waals surface area contributed by atoms with Crippen LogP contribution in [0.5, 0.6) is 0 Å². The lowest BCUT2D eigenvalue weighted by molar-refractivity contribution is 0.183. The first-order valence-corrected chi connectivity index (χ1v) is 12.7. The van der Waals surface area contributed by atoms with Crippen LogP contribution in [0.25, 0.3) is 22.2 Å². The number of aromatic nitrogens is 4. The summed E-state index contributed by atoms with van der Waals surface area (Å²) < 4.78 is 0. The van der Waals surface area contributed by atoms with Crippen molar-refractivity contribution in [3.63, 3.8) is 0 Å². The van der Waals surface area contributed by atoms with E-state index in [4.69, 9.17) is 10.7 Å². The van der Waals surface area contributed by atoms with Gasteiger partial charge in [-0.25, -0.2) is 9.97 Å². The van der Waals surface area contributed by atoms with E-state index in [1.807, 2.05) is 19.2 Å². The minimum atomic E-state index is -0.497. The highest BCUT2D eigenvalue weighted by Crippen LogP contribution is 2.29. The number of anilines is 3. The minimum Gasteiger partial charge on any atom is -0.394 e. The number of aliphatic hydroxyl groups is 1. The van der Waals surface area contributed by atoms with Crippen LogP contribution in [0, 0.1) is 0 Å². The maximum absolute atomic E-state index is 9.99. The molecule has 1 aliphatic rings. The standard InChI is InChI=1S/C26H38N8O/c1-5-8-11-26(4,17-35)32-24-20-14-28-21(12-22(20)30-25(27)31-24)18-9-10-23(29-13-18)34-15-19(16-34)33(6-2)7-3/h9-10,12-14,19,35H,5-8,11,15-17H2,1-4H3,(H3,27,30,31,32)/t26-/m1/s1. The summed E-state index contributed by atoms with van der Waals surface area (Å²) in [7, 11) is 0. The van der Waals surface area contributed by atoms with Gasteiger partial charge in [0.15, 0.2) is 0 Å². The molecule has 1 aliphatic heterocycles. The number of rotatable bonds is 11. The van der Waals surface area contributed by atoms with E-state index in [2.05, 4.69) is 63.0 Å². The van der Waals surface area contributed by atoms with Crippen molar-refractivity contribution in [1.82, 2.24) is 24.8 Å². The fraction of sp³-hybridized carbons (Fsp3) is 0.538. The Morgan fingerprint density at radius 3 is 2.54 bits per heavy atom. The molecule has 0 unspecified atom stereocenters. The lowest BCUT2D eigenvalue weighted by Gasteiger charge is -2.45. The number of nitrogen functional groups attached to an aromatic ring is 1. The Kier molecular flexibility index (Phi) is 7.66. The summed E-state index contributed by atoms with van der Waals surface area (Å²) in [6, 6.07) is 6.63. The molecular formula is C26H38N8O. The third-order valence-electron chi connectivity index (χ3n) is 7.01. The molecule has 188 valence electrons. The number of fused-ring (bicyclic) bond motifs is 1. The van der Waals surface area contributed by atoms with E-state index in [1.54, 1.807) is 6.20 Å². The van der Waals surface area contributed by atoms with E-state index in [0.717, 1.165) is 67.9 Å². The van der Waals surface area contributed by atoms with Gasteiger partial charge in [-0.1, -0.05) is 33.6 Å². The first kappa shape index (κ1) is 25.1. The van der Waals surface area contributed by atoms with Gasteiger partial charge in [0.05, 0.1) is 28.7 Å². The molecule has 0 aromatic carbocycles. The third-order valence-corrected chi connectivity index (χ3v) is 7.01. The number of nitrogens with one attached hydrogen (secondary N) is 1. The van der Waals surface area contributed by atoms with Crippen LogP contribution in [0.3, 0.4) is 0 Å². The summed E-state index contributed by atoms with van der Waals surface area (Å²) in [5, 5.41) is 14.2. The summed E-state index contributed by atoms with van der Waals surface area (Å²) >= 11 is 0. The summed E-state index contributed by atoms with van der Waals surface area (Å²) in [5.41, 5.74) is 7.94. The number of nitrogens with zero attached hydrogens (tertiary/aromatic N) is 6. The molecule has 4 rings (SSSR count). The van der Waals surface area contributed by atoms with Gasteiger partial charge in [0.25, 0.3) is 0 Å². The van der Waals surface area contributed by atoms with E-state index in [9.17, 15) is 5.11 Å². The van der Waals surface area contributed by atoms with Gasteiger partial charge in [-0.05, 0) is 44.6 Å². The number of likely N-dealkylation sites (N-methyl/N-ethyl adjacent to an activating group) is 1. The van der Waals surface area contributed by atoms with Crippen LogP contribution < -0.4 is 16.0 Å². The van der Waals surface area contributed by atoms with Crippen LogP contribution in [-0.2, 0) is 0 Å². The van der Waals surface area contributed by atoms with Crippen molar-refractivity contribution in [1.29, 1.82) is 0 Å². The van der Waals surface area contributed by atoms with Gasteiger partial charge in [-0.2, -0.15) is 4.98 Å². The second kappa shape index (κ2) is 10.7. The smallest absolute Gasteiger partial charge is 0.222 e. The fourth-order valence-corrected chi connectivity index (χ4v) is 4.67. The van der Waals surface area contributed by atoms with Gasteiger partial charge in [0, 0.05) is 37.1 Å². The average Bonchev–Trinajstić information content (AvgIpc) is 2.84. The highest BCUT2D eigenvalue weighted by molar-refractivity contribution is 5.91. The highest BCUT2D eigenvalue weighted by atomic mass is 16.3. The van der Waals surface area contributed by atoms with Crippen molar-refractivity contribution in [2.45, 2.75) is 58.5 Å². The molecule has 0 amide bonds. The predicted octanol–water partition coefficient (Wildman–Crippen LogP) is 3.55. The first-order chi connectivity index (χ1) is 16.9. The zero-order valence-corrected chi connectivity index (χ0v) is 21.3. The lowest BCUT2D eigenvalue weighted by Crippen LogP contribution is -2.59. The fourth-order valence-electron chi connectivity index (χ4n) is 4.67. The molecular weight excluding hydrogens is 440 g/mol. The van der Waals surface area contributed by atoms with E-state index in [1.165, 1.54) is 0 Å². The molecule has 9 heteroatoms. The van der Waals surface area contributed by atoms with Gasteiger partial charge < -0.3 is 21.1 Å². The molecule has 0 saturated carbocycles. The van der Waals surface area contributed by atoms with Crippen LogP contribution in [0.2, 0.25) is 0 Å². The van der Waals surface area contributed by atoms with Gasteiger partial charge in [-0.15, -0.1) is 0 Å². The monoisotopic (exact) mass is 478 g/mol. The molecule has 0 aliphatic carbocycles. The predicted molar refractivity (Wildman–Crippen MR) is 143 cm³/mol. The zero-order chi connectivity index (χ0) is 25.0. The molecule has 4 heterocycles. The van der Waals surface area contributed by atoms with E-state index < -0.39 is 5.54 Å². The first-order valence-electron chi connectivity index (χ1n) is 12.7. The van der Waals surface area contributed by atoms with E-state index in [-0.39, 0.29) is 12.6 Å². The zero-order valence-electron chi connectivity index (χ0n) is 21.3. The number of hydrogen-bond donors (Lipinski definition) is 3. The molecule has 9 nitrogen and oxygen atoms in total. The topological polar surface area (TPSA) is 116 Å². The summed E-state index contributed by atoms with van der Waals surface area (Å²) in [4.78, 5) is 23.0. The van der Waals surface area contributed by atoms with Gasteiger partial charge >= 0.3 is 0 Å². The van der Waals surface area contributed by atoms with Crippen molar-refractivity contribution in [3.8, 4) is 11.3 Å². The highest BCUT2D eigenvalue weighted by Gasteiger charge is 2.31. The Balaban J connectivity index is 1.53. The molecule has 1 fully saturated rings. The quantitative estimate of drug-likeness (QED) is 0.380. The lowest BCUT2D eigenvalue weighted by atomic mass is 9.95. The molecule has 35 heavy (non-hydrogen) atoms. The van der Waals surface area contributed by atoms with Gasteiger partial charge in [-0.3, -0.25) is 9.88 Å². The van der Waals surface area contributed by atoms with Crippen molar-refractivity contribution < 1.29 is 5.11 Å². The molecule has 0 bridgehead atoms. The van der Waals surface area contributed by atoms with E-state index >= 15 is 0 Å². The number of aliphatic hydroxyl groups excluding tert-OH is 1. The van der Waals surface area contributed by atoms with E-state index in [0.29, 0.717) is 17.4 Å². The minimum absolute atomic E-state index is 0.00534. The van der Waals surface area contributed by atoms with Crippen LogP contribution in [0.4, 0.5) is 17.6 Å². The van der Waals surface area contributed by atoms with Crippen LogP contribution in [-0.4, -0.2) is 74.3 Å². The SMILES string of the molecule is CCCC[C@](C)(CO)Nc1nc(N)nc2cc(-c3ccc(N4CC(N(CC)CC)C4)nc3)ncc12. The number of hydrogen-bond acceptors (Lipinski definition) is 9. The van der Waals surface area contributed by atoms with Crippen molar-refractivity contribution >= 4 is 28.5 Å². The second-order valence-electron chi connectivity index (χ2n) is 9.65. The van der Waals surface area contributed by atoms with Crippen molar-refractivity contribution in [2.24, 2.45) is 0 Å². The molecule has 0 spiro atoms. The van der Waals surface area contributed by atoms with Crippen LogP contribution in [0.15, 0.2) is 30.6 Å². The third kappa shape index (κ3) is 5.46. The Morgan fingerprint density at radius 2 is 1.91 bits per heavy atom. The summed E-state index contributed by atoms with van der Waals surface area (Å²) in [6.45, 7) is 12.7.